The minimum atomic E-state index is -3.69. The zero-order valence-corrected chi connectivity index (χ0v) is 8.86. The molecule has 86 valence electrons. The minimum absolute atomic E-state index is 0.194. The molecule has 1 unspecified atom stereocenters. The summed E-state index contributed by atoms with van der Waals surface area (Å²) in [5.74, 6) is -1.73. The van der Waals surface area contributed by atoms with Crippen LogP contribution in [-0.4, -0.2) is 55.7 Å². The third kappa shape index (κ3) is 3.48. The van der Waals surface area contributed by atoms with E-state index in [0.717, 1.165) is 11.2 Å². The zero-order chi connectivity index (χ0) is 11.6. The smallest absolute Gasteiger partial charge is 0.323 e. The maximum absolute atomic E-state index is 11.4. The average molecular weight is 237 g/mol. The highest BCUT2D eigenvalue weighted by atomic mass is 32.2. The average Bonchev–Trinajstić information content (AvgIpc) is 2.32. The van der Waals surface area contributed by atoms with Crippen molar-refractivity contribution in [3.63, 3.8) is 0 Å². The number of hydrogen-bond acceptors (Lipinski definition) is 5. The molecule has 1 heterocycles. The Bertz CT molecular complexity index is 375. The SMILES string of the molecule is CS(=O)(=O)OC1CCN(CC(=O)O)C1=O. The summed E-state index contributed by atoms with van der Waals surface area (Å²) in [4.78, 5) is 22.8. The van der Waals surface area contributed by atoms with E-state index in [4.69, 9.17) is 5.11 Å². The lowest BCUT2D eigenvalue weighted by molar-refractivity contribution is -0.144. The predicted molar refractivity (Wildman–Crippen MR) is 48.5 cm³/mol. The van der Waals surface area contributed by atoms with E-state index < -0.39 is 34.6 Å². The van der Waals surface area contributed by atoms with Crippen molar-refractivity contribution in [2.75, 3.05) is 19.3 Å². The molecule has 1 rings (SSSR count). The maximum atomic E-state index is 11.4. The lowest BCUT2D eigenvalue weighted by atomic mass is 10.3. The van der Waals surface area contributed by atoms with Gasteiger partial charge in [0.1, 0.15) is 6.54 Å². The fourth-order valence-corrected chi connectivity index (χ4v) is 1.93. The van der Waals surface area contributed by atoms with Crippen LogP contribution in [0.4, 0.5) is 0 Å². The Hall–Kier alpha value is -1.15. The molecule has 15 heavy (non-hydrogen) atoms. The Morgan fingerprint density at radius 3 is 2.73 bits per heavy atom. The minimum Gasteiger partial charge on any atom is -0.480 e. The topological polar surface area (TPSA) is 101 Å². The van der Waals surface area contributed by atoms with E-state index in [0.29, 0.717) is 0 Å². The third-order valence-electron chi connectivity index (χ3n) is 1.87. The molecule has 0 saturated carbocycles. The van der Waals surface area contributed by atoms with Crippen molar-refractivity contribution < 1.29 is 27.3 Å². The highest BCUT2D eigenvalue weighted by Gasteiger charge is 2.35. The number of carboxylic acid groups (broad SMARTS) is 1. The molecule has 1 N–H and O–H groups in total. The standard InChI is InChI=1S/C7H11NO6S/c1-15(12,13)14-5-2-3-8(7(5)11)4-6(9)10/h5H,2-4H2,1H3,(H,9,10). The van der Waals surface area contributed by atoms with Crippen LogP contribution in [0.2, 0.25) is 0 Å². The van der Waals surface area contributed by atoms with E-state index in [1.165, 1.54) is 0 Å². The molecule has 1 aliphatic heterocycles. The first-order valence-electron chi connectivity index (χ1n) is 4.18. The number of rotatable bonds is 4. The largest absolute Gasteiger partial charge is 0.480 e. The van der Waals surface area contributed by atoms with Crippen molar-refractivity contribution in [1.82, 2.24) is 4.90 Å². The van der Waals surface area contributed by atoms with Crippen molar-refractivity contribution in [1.29, 1.82) is 0 Å². The first kappa shape index (κ1) is 11.9. The number of carbonyl (C=O) groups is 2. The number of carboxylic acids is 1. The van der Waals surface area contributed by atoms with Gasteiger partial charge in [0.25, 0.3) is 16.0 Å². The van der Waals surface area contributed by atoms with Crippen LogP contribution in [0.15, 0.2) is 0 Å². The van der Waals surface area contributed by atoms with Crippen LogP contribution < -0.4 is 0 Å². The second-order valence-electron chi connectivity index (χ2n) is 3.23. The molecule has 1 saturated heterocycles. The van der Waals surface area contributed by atoms with Gasteiger partial charge in [-0.05, 0) is 0 Å². The van der Waals surface area contributed by atoms with E-state index in [1.807, 2.05) is 0 Å². The third-order valence-corrected chi connectivity index (χ3v) is 2.45. The van der Waals surface area contributed by atoms with Gasteiger partial charge in [-0.25, -0.2) is 0 Å². The molecular formula is C7H11NO6S. The summed E-state index contributed by atoms with van der Waals surface area (Å²) in [5, 5.41) is 8.46. The van der Waals surface area contributed by atoms with Crippen molar-refractivity contribution in [2.24, 2.45) is 0 Å². The number of amides is 1. The molecule has 1 atom stereocenters. The second-order valence-corrected chi connectivity index (χ2v) is 4.83. The number of carbonyl (C=O) groups excluding carboxylic acids is 1. The fourth-order valence-electron chi connectivity index (χ4n) is 1.33. The quantitative estimate of drug-likeness (QED) is 0.606. The van der Waals surface area contributed by atoms with Crippen molar-refractivity contribution in [3.8, 4) is 0 Å². The van der Waals surface area contributed by atoms with E-state index >= 15 is 0 Å². The number of hydrogen-bond donors (Lipinski definition) is 1. The van der Waals surface area contributed by atoms with Crippen LogP contribution in [0.1, 0.15) is 6.42 Å². The lowest BCUT2D eigenvalue weighted by Gasteiger charge is -2.13. The Morgan fingerprint density at radius 2 is 2.27 bits per heavy atom. The van der Waals surface area contributed by atoms with Gasteiger partial charge in [-0.2, -0.15) is 8.42 Å². The molecule has 0 bridgehead atoms. The molecule has 7 nitrogen and oxygen atoms in total. The Morgan fingerprint density at radius 1 is 1.67 bits per heavy atom. The lowest BCUT2D eigenvalue weighted by Crippen LogP contribution is -2.35. The molecule has 0 aromatic rings. The molecule has 8 heteroatoms. The van der Waals surface area contributed by atoms with Gasteiger partial charge in [0, 0.05) is 13.0 Å². The fraction of sp³-hybridized carbons (Fsp3) is 0.714. The normalized spacial score (nSPS) is 22.1. The van der Waals surface area contributed by atoms with Crippen molar-refractivity contribution >= 4 is 22.0 Å². The molecule has 1 amide bonds. The monoisotopic (exact) mass is 237 g/mol. The molecule has 0 aliphatic carbocycles. The molecule has 1 aliphatic rings. The number of aliphatic carboxylic acids is 1. The molecule has 0 aromatic carbocycles. The summed E-state index contributed by atoms with van der Waals surface area (Å²) >= 11 is 0. The second kappa shape index (κ2) is 4.15. The summed E-state index contributed by atoms with van der Waals surface area (Å²) in [5.41, 5.74) is 0. The summed E-state index contributed by atoms with van der Waals surface area (Å²) in [6, 6.07) is 0. The summed E-state index contributed by atoms with van der Waals surface area (Å²) in [6.07, 6.45) is -0.0291. The summed E-state index contributed by atoms with van der Waals surface area (Å²) in [7, 11) is -3.69. The number of nitrogens with zero attached hydrogens (tertiary/aromatic N) is 1. The van der Waals surface area contributed by atoms with Gasteiger partial charge >= 0.3 is 5.97 Å². The summed E-state index contributed by atoms with van der Waals surface area (Å²) in [6.45, 7) is -0.228. The Balaban J connectivity index is 2.60. The van der Waals surface area contributed by atoms with Crippen molar-refractivity contribution in [3.05, 3.63) is 0 Å². The van der Waals surface area contributed by atoms with Crippen LogP contribution in [-0.2, 0) is 23.9 Å². The first-order chi connectivity index (χ1) is 6.79. The van der Waals surface area contributed by atoms with Crippen LogP contribution >= 0.6 is 0 Å². The van der Waals surface area contributed by atoms with Crippen LogP contribution in [0.25, 0.3) is 0 Å². The van der Waals surface area contributed by atoms with Crippen LogP contribution in [0.3, 0.4) is 0 Å². The van der Waals surface area contributed by atoms with Gasteiger partial charge < -0.3 is 10.0 Å². The maximum Gasteiger partial charge on any atom is 0.323 e. The Kier molecular flexibility index (Phi) is 3.30. The van der Waals surface area contributed by atoms with E-state index in [9.17, 15) is 18.0 Å². The van der Waals surface area contributed by atoms with E-state index in [2.05, 4.69) is 4.18 Å². The molecule has 0 radical (unpaired) electrons. The van der Waals surface area contributed by atoms with Gasteiger partial charge in [-0.1, -0.05) is 0 Å². The molecular weight excluding hydrogens is 226 g/mol. The van der Waals surface area contributed by atoms with Crippen LogP contribution in [0, 0.1) is 0 Å². The summed E-state index contributed by atoms with van der Waals surface area (Å²) < 4.78 is 26.0. The van der Waals surface area contributed by atoms with E-state index in [1.54, 1.807) is 0 Å². The zero-order valence-electron chi connectivity index (χ0n) is 8.04. The van der Waals surface area contributed by atoms with Crippen molar-refractivity contribution in [2.45, 2.75) is 12.5 Å². The number of likely N-dealkylation sites (tertiary alicyclic amines) is 1. The Labute approximate surface area is 86.7 Å². The van der Waals surface area contributed by atoms with Gasteiger partial charge in [0.2, 0.25) is 0 Å². The molecule has 0 aromatic heterocycles. The highest BCUT2D eigenvalue weighted by Crippen LogP contribution is 2.15. The van der Waals surface area contributed by atoms with Gasteiger partial charge in [-0.3, -0.25) is 13.8 Å². The predicted octanol–water partition coefficient (Wildman–Crippen LogP) is -1.35. The van der Waals surface area contributed by atoms with Crippen LogP contribution in [0.5, 0.6) is 0 Å². The van der Waals surface area contributed by atoms with Gasteiger partial charge in [0.05, 0.1) is 6.26 Å². The van der Waals surface area contributed by atoms with Gasteiger partial charge in [0.15, 0.2) is 6.10 Å². The first-order valence-corrected chi connectivity index (χ1v) is 6.00. The molecule has 1 fully saturated rings. The van der Waals surface area contributed by atoms with E-state index in [-0.39, 0.29) is 13.0 Å². The van der Waals surface area contributed by atoms with Gasteiger partial charge in [-0.15, -0.1) is 0 Å². The molecule has 0 spiro atoms. The highest BCUT2D eigenvalue weighted by molar-refractivity contribution is 7.86.